The normalized spacial score (nSPS) is 30.1. The second kappa shape index (κ2) is 17.8. The number of benzene rings is 1. The van der Waals surface area contributed by atoms with Gasteiger partial charge in [-0.1, -0.05) is 51.8 Å². The number of para-hydroxylation sites is 1. The molecule has 5 fully saturated rings. The molecule has 0 spiro atoms. The summed E-state index contributed by atoms with van der Waals surface area (Å²) in [6.45, 7) is 15.1. The van der Waals surface area contributed by atoms with E-state index < -0.39 is 73.6 Å². The van der Waals surface area contributed by atoms with Crippen molar-refractivity contribution in [2.75, 3.05) is 46.0 Å². The van der Waals surface area contributed by atoms with Crippen molar-refractivity contribution in [3.8, 4) is 11.6 Å². The van der Waals surface area contributed by atoms with Crippen LogP contribution in [0.15, 0.2) is 36.9 Å². The summed E-state index contributed by atoms with van der Waals surface area (Å²) >= 11 is 0. The minimum Gasteiger partial charge on any atom is -0.491 e. The molecular formula is C46H64N6O10S. The zero-order valence-electron chi connectivity index (χ0n) is 37.1. The van der Waals surface area contributed by atoms with Crippen molar-refractivity contribution in [1.29, 1.82) is 0 Å². The predicted octanol–water partition coefficient (Wildman–Crippen LogP) is 4.39. The maximum atomic E-state index is 14.9. The molecule has 2 bridgehead atoms. The molecule has 1 aromatic heterocycles. The number of hydrogen-bond donors (Lipinski definition) is 3. The number of amides is 4. The second-order valence-electron chi connectivity index (χ2n) is 19.7. The maximum absolute atomic E-state index is 14.9. The highest BCUT2D eigenvalue weighted by Crippen LogP contribution is 2.45. The number of nitrogens with zero attached hydrogens (tertiary/aromatic N) is 3. The highest BCUT2D eigenvalue weighted by molar-refractivity contribution is 7.91. The van der Waals surface area contributed by atoms with Gasteiger partial charge in [-0.25, -0.2) is 18.2 Å². The number of ether oxygens (including phenoxy) is 4. The number of carbonyl (C=O) groups excluding carboxylic acids is 4. The van der Waals surface area contributed by atoms with Gasteiger partial charge in [0.15, 0.2) is 0 Å². The van der Waals surface area contributed by atoms with Crippen LogP contribution in [0.3, 0.4) is 0 Å². The molecule has 3 N–H and O–H groups in total. The Balaban J connectivity index is 1.13. The van der Waals surface area contributed by atoms with Crippen LogP contribution in [0.25, 0.3) is 10.9 Å². The van der Waals surface area contributed by atoms with E-state index in [2.05, 4.69) is 26.8 Å². The fourth-order valence-corrected chi connectivity index (χ4v) is 10.8. The Bertz CT molecular complexity index is 2200. The van der Waals surface area contributed by atoms with Crippen LogP contribution in [0.1, 0.15) is 97.5 Å². The van der Waals surface area contributed by atoms with E-state index in [0.717, 1.165) is 62.7 Å². The van der Waals surface area contributed by atoms with Gasteiger partial charge in [-0.15, -0.1) is 6.58 Å². The first-order valence-electron chi connectivity index (χ1n) is 22.8. The minimum atomic E-state index is -4.03. The lowest BCUT2D eigenvalue weighted by atomic mass is 9.66. The topological polar surface area (TPSA) is 195 Å². The first-order valence-corrected chi connectivity index (χ1v) is 24.3. The molecule has 16 nitrogen and oxygen atoms in total. The van der Waals surface area contributed by atoms with Crippen molar-refractivity contribution in [3.63, 3.8) is 0 Å². The highest BCUT2D eigenvalue weighted by Gasteiger charge is 2.58. The third kappa shape index (κ3) is 9.51. The van der Waals surface area contributed by atoms with E-state index in [1.807, 2.05) is 45.0 Å². The molecule has 4 heterocycles. The van der Waals surface area contributed by atoms with Gasteiger partial charge in [0.2, 0.25) is 27.7 Å². The van der Waals surface area contributed by atoms with Crippen molar-refractivity contribution in [3.05, 3.63) is 42.5 Å². The number of rotatable bonds is 10. The molecule has 0 radical (unpaired) electrons. The summed E-state index contributed by atoms with van der Waals surface area (Å²) in [6, 6.07) is 5.52. The number of nitrogens with one attached hydrogen (secondary N) is 3. The van der Waals surface area contributed by atoms with Crippen LogP contribution in [-0.2, 0) is 40.3 Å². The second-order valence-corrected chi connectivity index (χ2v) is 21.9. The molecule has 344 valence electrons. The molecule has 63 heavy (non-hydrogen) atoms. The molecule has 8 rings (SSSR count). The molecule has 6 aliphatic rings. The van der Waals surface area contributed by atoms with E-state index in [1.54, 1.807) is 13.0 Å². The van der Waals surface area contributed by atoms with Gasteiger partial charge >= 0.3 is 6.09 Å². The van der Waals surface area contributed by atoms with Crippen molar-refractivity contribution in [2.24, 2.45) is 17.3 Å². The predicted molar refractivity (Wildman–Crippen MR) is 234 cm³/mol. The molecule has 3 aliphatic carbocycles. The van der Waals surface area contributed by atoms with Crippen LogP contribution in [0.4, 0.5) is 4.79 Å². The van der Waals surface area contributed by atoms with Crippen LogP contribution >= 0.6 is 0 Å². The number of morpholine rings is 1. The summed E-state index contributed by atoms with van der Waals surface area (Å²) in [5.74, 6) is -1.24. The van der Waals surface area contributed by atoms with E-state index in [4.69, 9.17) is 23.9 Å². The van der Waals surface area contributed by atoms with Gasteiger partial charge < -0.3 is 34.5 Å². The van der Waals surface area contributed by atoms with E-state index >= 15 is 0 Å². The first-order chi connectivity index (χ1) is 30.0. The minimum absolute atomic E-state index is 0.0244. The number of alkyl carbamates (subject to hydrolysis) is 1. The largest absolute Gasteiger partial charge is 0.491 e. The van der Waals surface area contributed by atoms with Crippen LogP contribution in [-0.4, -0.2) is 128 Å². The summed E-state index contributed by atoms with van der Waals surface area (Å²) < 4.78 is 52.7. The SMILES string of the molecule is C=CC1CCC1(NC(=O)C1CC2CN1C(=O)C(C(C)(C)C)NC(=O)OC1CC1CCCCCc1c(nc3ccccc3c1OCCN1CCOCC1)O2)C(=O)NS(=O)(=O)C1(C)CC1. The standard InChI is InChI=1S/C46H64N6O10S/c1-6-30-16-17-46(30,42(55)50-63(57,58)45(5)18-19-45)49-39(53)35-27-31-28-52(35)41(54)38(44(2,3)4)48-43(56)62-36-26-29(36)12-8-7-9-14-33-37(60-25-22-51-20-23-59-24-21-51)32-13-10-11-15-34(32)47-40(33)61-31/h6,10-11,13,15,29-31,35-36,38H,1,7-9,12,14,16-28H2,2-5H3,(H,48,56)(H,49,53)(H,50,55). The van der Waals surface area contributed by atoms with Crippen molar-refractivity contribution in [2.45, 2.75) is 133 Å². The molecular weight excluding hydrogens is 829 g/mol. The lowest BCUT2D eigenvalue weighted by Gasteiger charge is -2.47. The summed E-state index contributed by atoms with van der Waals surface area (Å²) in [6.07, 6.45) is 6.41. The Morgan fingerprint density at radius 3 is 2.51 bits per heavy atom. The van der Waals surface area contributed by atoms with Crippen LogP contribution in [0, 0.1) is 17.3 Å². The zero-order valence-corrected chi connectivity index (χ0v) is 37.9. The molecule has 3 aliphatic heterocycles. The van der Waals surface area contributed by atoms with Gasteiger partial charge in [-0.05, 0) is 81.8 Å². The summed E-state index contributed by atoms with van der Waals surface area (Å²) in [5, 5.41) is 6.63. The number of aromatic nitrogens is 1. The Hall–Kier alpha value is -4.48. The maximum Gasteiger partial charge on any atom is 0.408 e. The van der Waals surface area contributed by atoms with Crippen molar-refractivity contribution >= 4 is 44.7 Å². The van der Waals surface area contributed by atoms with Crippen molar-refractivity contribution in [1.82, 2.24) is 30.1 Å². The van der Waals surface area contributed by atoms with Gasteiger partial charge in [0, 0.05) is 37.4 Å². The highest BCUT2D eigenvalue weighted by atomic mass is 32.2. The van der Waals surface area contributed by atoms with Gasteiger partial charge in [0.25, 0.3) is 5.91 Å². The lowest BCUT2D eigenvalue weighted by Crippen LogP contribution is -2.70. The fourth-order valence-electron chi connectivity index (χ4n) is 9.47. The smallest absolute Gasteiger partial charge is 0.408 e. The van der Waals surface area contributed by atoms with Gasteiger partial charge in [-0.2, -0.15) is 0 Å². The first kappa shape index (κ1) is 45.1. The molecule has 17 heteroatoms. The molecule has 7 unspecified atom stereocenters. The van der Waals surface area contributed by atoms with Crippen LogP contribution < -0.4 is 24.8 Å². The molecule has 7 atom stereocenters. The summed E-state index contributed by atoms with van der Waals surface area (Å²) in [5.41, 5.74) is -0.918. The monoisotopic (exact) mass is 892 g/mol. The summed E-state index contributed by atoms with van der Waals surface area (Å²) in [7, 11) is -4.03. The van der Waals surface area contributed by atoms with Crippen LogP contribution in [0.5, 0.6) is 11.6 Å². The van der Waals surface area contributed by atoms with Crippen LogP contribution in [0.2, 0.25) is 0 Å². The Kier molecular flexibility index (Phi) is 12.8. The molecule has 4 amide bonds. The quantitative estimate of drug-likeness (QED) is 0.286. The van der Waals surface area contributed by atoms with E-state index in [9.17, 15) is 27.6 Å². The van der Waals surface area contributed by atoms with E-state index in [-0.39, 0.29) is 31.4 Å². The fraction of sp³-hybridized carbons (Fsp3) is 0.674. The Morgan fingerprint density at radius 1 is 1.05 bits per heavy atom. The Labute approximate surface area is 370 Å². The number of sulfonamides is 1. The molecule has 2 saturated heterocycles. The summed E-state index contributed by atoms with van der Waals surface area (Å²) in [4.78, 5) is 66.0. The van der Waals surface area contributed by atoms with Gasteiger partial charge in [-0.3, -0.25) is 24.0 Å². The third-order valence-electron chi connectivity index (χ3n) is 14.1. The number of pyridine rings is 1. The van der Waals surface area contributed by atoms with E-state index in [0.29, 0.717) is 62.7 Å². The number of carbonyl (C=O) groups is 4. The Morgan fingerprint density at radius 2 is 1.81 bits per heavy atom. The molecule has 2 aromatic rings. The van der Waals surface area contributed by atoms with Gasteiger partial charge in [0.1, 0.15) is 42.2 Å². The average molecular weight is 893 g/mol. The van der Waals surface area contributed by atoms with Gasteiger partial charge in [0.05, 0.1) is 35.6 Å². The number of hydrogen-bond acceptors (Lipinski definition) is 12. The van der Waals surface area contributed by atoms with Crippen molar-refractivity contribution < 1.29 is 46.5 Å². The molecule has 3 saturated carbocycles. The molecule has 1 aromatic carbocycles. The third-order valence-corrected chi connectivity index (χ3v) is 16.3. The number of fused-ring (bicyclic) bond motifs is 5. The zero-order chi connectivity index (χ0) is 44.7. The lowest BCUT2D eigenvalue weighted by molar-refractivity contribution is -0.145. The average Bonchev–Trinajstić information content (AvgIpc) is 4.13. The van der Waals surface area contributed by atoms with E-state index in [1.165, 1.54) is 4.90 Å².